The normalized spacial score (nSPS) is 16.9. The minimum atomic E-state index is -0.525. The van der Waals surface area contributed by atoms with Crippen LogP contribution in [-0.2, 0) is 9.59 Å². The molecule has 1 atom stereocenters. The first-order valence-electron chi connectivity index (χ1n) is 12.2. The Hall–Kier alpha value is -4.45. The van der Waals surface area contributed by atoms with Gasteiger partial charge < -0.3 is 11.1 Å². The van der Waals surface area contributed by atoms with Crippen LogP contribution in [-0.4, -0.2) is 27.6 Å². The lowest BCUT2D eigenvalue weighted by Crippen LogP contribution is -2.38. The zero-order chi connectivity index (χ0) is 27.5. The predicted molar refractivity (Wildman–Crippen MR) is 150 cm³/mol. The summed E-state index contributed by atoms with van der Waals surface area (Å²) in [5.41, 5.74) is 11.3. The van der Waals surface area contributed by atoms with Crippen LogP contribution in [0.5, 0.6) is 0 Å². The van der Waals surface area contributed by atoms with Crippen molar-refractivity contribution in [3.63, 3.8) is 0 Å². The highest BCUT2D eigenvalue weighted by molar-refractivity contribution is 8.01. The number of nitriles is 2. The Morgan fingerprint density at radius 3 is 2.64 bits per heavy atom. The number of aromatic nitrogens is 2. The zero-order valence-electron chi connectivity index (χ0n) is 21.0. The zero-order valence-corrected chi connectivity index (χ0v) is 22.6. The molecular weight excluding hydrogens is 530 g/mol. The summed E-state index contributed by atoms with van der Waals surface area (Å²) in [5, 5.41) is 30.9. The Bertz CT molecular complexity index is 1610. The SMILES string of the molecule is Cc1ccccc1C1C(C#N)=C(N)N(c2nnc(SCC(=O)Nc3ccc(C#N)cc3)s2)C2=C1C(=O)CCC2. The summed E-state index contributed by atoms with van der Waals surface area (Å²) in [6.45, 7) is 1.96. The number of nitrogens with zero attached hydrogens (tertiary/aromatic N) is 5. The molecule has 1 aromatic heterocycles. The van der Waals surface area contributed by atoms with Crippen LogP contribution in [0.25, 0.3) is 0 Å². The van der Waals surface area contributed by atoms with Crippen molar-refractivity contribution < 1.29 is 9.59 Å². The van der Waals surface area contributed by atoms with E-state index in [4.69, 9.17) is 11.0 Å². The number of rotatable bonds is 6. The molecule has 0 bridgehead atoms. The summed E-state index contributed by atoms with van der Waals surface area (Å²) in [6, 6.07) is 18.6. The molecule has 2 heterocycles. The fraction of sp³-hybridized carbons (Fsp3) is 0.214. The van der Waals surface area contributed by atoms with Gasteiger partial charge in [-0.3, -0.25) is 14.5 Å². The molecule has 39 heavy (non-hydrogen) atoms. The smallest absolute Gasteiger partial charge is 0.234 e. The van der Waals surface area contributed by atoms with E-state index in [9.17, 15) is 14.9 Å². The number of amides is 1. The van der Waals surface area contributed by atoms with Crippen LogP contribution in [0.4, 0.5) is 10.8 Å². The van der Waals surface area contributed by atoms with E-state index in [1.54, 1.807) is 29.2 Å². The van der Waals surface area contributed by atoms with Gasteiger partial charge in [0.1, 0.15) is 5.82 Å². The molecule has 11 heteroatoms. The van der Waals surface area contributed by atoms with E-state index >= 15 is 0 Å². The van der Waals surface area contributed by atoms with Crippen molar-refractivity contribution >= 4 is 45.6 Å². The van der Waals surface area contributed by atoms with Crippen molar-refractivity contribution in [2.75, 3.05) is 16.0 Å². The Morgan fingerprint density at radius 2 is 1.92 bits per heavy atom. The van der Waals surface area contributed by atoms with E-state index in [1.807, 2.05) is 37.3 Å². The number of thioether (sulfide) groups is 1. The first-order valence-corrected chi connectivity index (χ1v) is 14.0. The Morgan fingerprint density at radius 1 is 1.15 bits per heavy atom. The van der Waals surface area contributed by atoms with Gasteiger partial charge >= 0.3 is 0 Å². The number of nitrogens with one attached hydrogen (secondary N) is 1. The van der Waals surface area contributed by atoms with E-state index < -0.39 is 5.92 Å². The molecule has 2 aliphatic rings. The molecule has 1 unspecified atom stereocenters. The standard InChI is InChI=1S/C28H23N7O2S2/c1-16-5-2-3-6-19(16)24-20(14-30)26(31)35(21-7-4-8-22(36)25(21)24)27-33-34-28(39-27)38-15-23(37)32-18-11-9-17(13-29)10-12-18/h2-3,5-6,9-12,24H,4,7-8,15,31H2,1H3,(H,32,37). The lowest BCUT2D eigenvalue weighted by atomic mass is 9.75. The number of Topliss-reactive ketones (excluding diaryl/α,β-unsaturated/α-hetero) is 1. The van der Waals surface area contributed by atoms with Gasteiger partial charge in [-0.1, -0.05) is 47.4 Å². The molecule has 1 aliphatic carbocycles. The number of anilines is 2. The van der Waals surface area contributed by atoms with E-state index in [-0.39, 0.29) is 23.3 Å². The summed E-state index contributed by atoms with van der Waals surface area (Å²) in [6.07, 6.45) is 1.72. The van der Waals surface area contributed by atoms with Gasteiger partial charge in [0.15, 0.2) is 10.1 Å². The summed E-state index contributed by atoms with van der Waals surface area (Å²) in [5.74, 6) is -0.401. The predicted octanol–water partition coefficient (Wildman–Crippen LogP) is 4.75. The molecule has 1 amide bonds. The quantitative estimate of drug-likeness (QED) is 0.412. The molecule has 0 saturated carbocycles. The van der Waals surface area contributed by atoms with Crippen LogP contribution >= 0.6 is 23.1 Å². The van der Waals surface area contributed by atoms with Crippen LogP contribution in [0.1, 0.15) is 41.9 Å². The van der Waals surface area contributed by atoms with Crippen molar-refractivity contribution in [2.24, 2.45) is 5.73 Å². The average molecular weight is 554 g/mol. The molecular formula is C28H23N7O2S2. The van der Waals surface area contributed by atoms with E-state index in [1.165, 1.54) is 23.1 Å². The van der Waals surface area contributed by atoms with Crippen LogP contribution in [0.3, 0.4) is 0 Å². The number of carbonyl (C=O) groups excluding carboxylic acids is 2. The van der Waals surface area contributed by atoms with E-state index in [2.05, 4.69) is 21.6 Å². The second-order valence-corrected chi connectivity index (χ2v) is 11.2. The van der Waals surface area contributed by atoms with Crippen molar-refractivity contribution in [2.45, 2.75) is 36.4 Å². The number of aryl methyl sites for hydroxylation is 1. The van der Waals surface area contributed by atoms with Gasteiger partial charge in [-0.2, -0.15) is 10.5 Å². The molecule has 9 nitrogen and oxygen atoms in total. The van der Waals surface area contributed by atoms with Gasteiger partial charge in [0.05, 0.1) is 34.9 Å². The van der Waals surface area contributed by atoms with Gasteiger partial charge in [-0.15, -0.1) is 10.2 Å². The molecule has 3 aromatic rings. The number of ketones is 1. The summed E-state index contributed by atoms with van der Waals surface area (Å²) in [7, 11) is 0. The molecule has 3 N–H and O–H groups in total. The second kappa shape index (κ2) is 11.1. The van der Waals surface area contributed by atoms with Crippen LogP contribution in [0, 0.1) is 29.6 Å². The summed E-state index contributed by atoms with van der Waals surface area (Å²) >= 11 is 2.47. The maximum atomic E-state index is 13.3. The fourth-order valence-corrected chi connectivity index (χ4v) is 6.51. The summed E-state index contributed by atoms with van der Waals surface area (Å²) in [4.78, 5) is 27.4. The first kappa shape index (κ1) is 26.2. The van der Waals surface area contributed by atoms with E-state index in [0.717, 1.165) is 16.8 Å². The fourth-order valence-electron chi connectivity index (χ4n) is 4.83. The third-order valence-electron chi connectivity index (χ3n) is 6.62. The highest BCUT2D eigenvalue weighted by atomic mass is 32.2. The van der Waals surface area contributed by atoms with Gasteiger partial charge in [0.2, 0.25) is 11.0 Å². The highest BCUT2D eigenvalue weighted by Crippen LogP contribution is 2.47. The molecule has 0 spiro atoms. The first-order chi connectivity index (χ1) is 18.9. The highest BCUT2D eigenvalue weighted by Gasteiger charge is 2.41. The van der Waals surface area contributed by atoms with Crippen LogP contribution < -0.4 is 16.0 Å². The van der Waals surface area contributed by atoms with Gasteiger partial charge in [0, 0.05) is 23.4 Å². The number of allylic oxidation sites excluding steroid dienone is 3. The third-order valence-corrected chi connectivity index (χ3v) is 8.67. The minimum absolute atomic E-state index is 0.00772. The van der Waals surface area contributed by atoms with Crippen LogP contribution in [0.15, 0.2) is 75.5 Å². The molecule has 0 fully saturated rings. The maximum absolute atomic E-state index is 13.3. The number of hydrogen-bond donors (Lipinski definition) is 2. The maximum Gasteiger partial charge on any atom is 0.234 e. The number of nitrogens with two attached hydrogens (primary N) is 1. The van der Waals surface area contributed by atoms with Crippen molar-refractivity contribution in [3.8, 4) is 12.1 Å². The average Bonchev–Trinajstić information content (AvgIpc) is 3.41. The van der Waals surface area contributed by atoms with Crippen molar-refractivity contribution in [3.05, 3.63) is 87.9 Å². The monoisotopic (exact) mass is 553 g/mol. The lowest BCUT2D eigenvalue weighted by Gasteiger charge is -2.38. The summed E-state index contributed by atoms with van der Waals surface area (Å²) < 4.78 is 0.552. The third kappa shape index (κ3) is 5.15. The van der Waals surface area contributed by atoms with Gasteiger partial charge in [0.25, 0.3) is 0 Å². The Kier molecular flexibility index (Phi) is 7.46. The topological polar surface area (TPSA) is 149 Å². The van der Waals surface area contributed by atoms with Crippen molar-refractivity contribution in [1.82, 2.24) is 10.2 Å². The molecule has 0 radical (unpaired) electrons. The van der Waals surface area contributed by atoms with Crippen LogP contribution in [0.2, 0.25) is 0 Å². The van der Waals surface area contributed by atoms with Gasteiger partial charge in [-0.05, 0) is 55.2 Å². The number of hydrogen-bond acceptors (Lipinski definition) is 10. The number of benzene rings is 2. The molecule has 2 aromatic carbocycles. The number of carbonyl (C=O) groups is 2. The minimum Gasteiger partial charge on any atom is -0.384 e. The molecule has 0 saturated heterocycles. The Balaban J connectivity index is 1.40. The molecule has 1 aliphatic heterocycles. The van der Waals surface area contributed by atoms with Crippen molar-refractivity contribution in [1.29, 1.82) is 10.5 Å². The lowest BCUT2D eigenvalue weighted by molar-refractivity contribution is -0.116. The van der Waals surface area contributed by atoms with Gasteiger partial charge in [-0.25, -0.2) is 0 Å². The second-order valence-electron chi connectivity index (χ2n) is 9.05. The molecule has 194 valence electrons. The largest absolute Gasteiger partial charge is 0.384 e. The Labute approximate surface area is 233 Å². The molecule has 5 rings (SSSR count). The van der Waals surface area contributed by atoms with E-state index in [0.29, 0.717) is 51.1 Å².